The number of hydrogen-bond donors (Lipinski definition) is 4. The summed E-state index contributed by atoms with van der Waals surface area (Å²) in [4.78, 5) is 43.8. The monoisotopic (exact) mass is 476 g/mol. The van der Waals surface area contributed by atoms with Gasteiger partial charge in [-0.25, -0.2) is 9.59 Å². The first kappa shape index (κ1) is 28.6. The molecule has 2 aromatic carbocycles. The van der Waals surface area contributed by atoms with Gasteiger partial charge in [-0.1, -0.05) is 48.5 Å². The molecule has 0 aliphatic rings. The maximum absolute atomic E-state index is 11.8. The van der Waals surface area contributed by atoms with E-state index in [1.165, 1.54) is 0 Å². The molecule has 0 fully saturated rings. The Morgan fingerprint density at radius 2 is 1.18 bits per heavy atom. The van der Waals surface area contributed by atoms with Crippen LogP contribution in [0.2, 0.25) is 0 Å². The number of aliphatic hydroxyl groups is 3. The second kappa shape index (κ2) is 16.2. The largest absolute Gasteiger partial charge is 0.475 e. The molecule has 2 aromatic rings. The Kier molecular flexibility index (Phi) is 13.6. The van der Waals surface area contributed by atoms with Crippen LogP contribution < -0.4 is 0 Å². The Morgan fingerprint density at radius 3 is 1.65 bits per heavy atom. The summed E-state index contributed by atoms with van der Waals surface area (Å²) in [5, 5.41) is 34.2. The van der Waals surface area contributed by atoms with Crippen LogP contribution in [0.4, 0.5) is 0 Å². The van der Waals surface area contributed by atoms with Crippen LogP contribution in [0.5, 0.6) is 0 Å². The zero-order chi connectivity index (χ0) is 25.3. The van der Waals surface area contributed by atoms with Gasteiger partial charge in [0.05, 0.1) is 33.0 Å². The van der Waals surface area contributed by atoms with E-state index in [2.05, 4.69) is 4.74 Å². The van der Waals surface area contributed by atoms with Crippen molar-refractivity contribution in [1.82, 2.24) is 0 Å². The average molecular weight is 476 g/mol. The summed E-state index contributed by atoms with van der Waals surface area (Å²) in [6.07, 6.45) is -0.177. The number of benzene rings is 2. The Balaban J connectivity index is 0.000000445. The maximum atomic E-state index is 11.8. The maximum Gasteiger partial charge on any atom is 0.375 e. The number of ether oxygens (including phenoxy) is 2. The Labute approximate surface area is 196 Å². The van der Waals surface area contributed by atoms with E-state index in [-0.39, 0.29) is 52.5 Å². The van der Waals surface area contributed by atoms with Crippen molar-refractivity contribution < 1.29 is 49.1 Å². The van der Waals surface area contributed by atoms with Crippen molar-refractivity contribution in [1.29, 1.82) is 0 Å². The molecule has 34 heavy (non-hydrogen) atoms. The van der Waals surface area contributed by atoms with Crippen LogP contribution in [0.3, 0.4) is 0 Å². The van der Waals surface area contributed by atoms with Gasteiger partial charge in [-0.15, -0.1) is 0 Å². The van der Waals surface area contributed by atoms with E-state index < -0.39 is 23.5 Å². The summed E-state index contributed by atoms with van der Waals surface area (Å²) >= 11 is 0. The van der Waals surface area contributed by atoms with Gasteiger partial charge in [0.15, 0.2) is 0 Å². The first-order chi connectivity index (χ1) is 16.3. The first-order valence-electron chi connectivity index (χ1n) is 10.3. The Bertz CT molecular complexity index is 920. The molecule has 0 aliphatic carbocycles. The van der Waals surface area contributed by atoms with E-state index in [1.807, 2.05) is 0 Å². The summed E-state index contributed by atoms with van der Waals surface area (Å²) in [6, 6.07) is 13.7. The number of carbonyl (C=O) groups is 4. The molecule has 0 aromatic heterocycles. The lowest BCUT2D eigenvalue weighted by atomic mass is 10.1. The molecule has 184 valence electrons. The summed E-state index contributed by atoms with van der Waals surface area (Å²) in [7, 11) is 0. The molecule has 0 amide bonds. The second-order valence-corrected chi connectivity index (χ2v) is 6.94. The minimum Gasteiger partial charge on any atom is -0.475 e. The molecule has 0 bridgehead atoms. The first-order valence-corrected chi connectivity index (χ1v) is 10.3. The van der Waals surface area contributed by atoms with Crippen LogP contribution >= 0.6 is 0 Å². The molecule has 0 saturated heterocycles. The molecule has 10 nitrogen and oxygen atoms in total. The number of carbonyl (C=O) groups excluding carboxylic acids is 3. The summed E-state index contributed by atoms with van der Waals surface area (Å²) < 4.78 is 9.66. The second-order valence-electron chi connectivity index (χ2n) is 6.94. The summed E-state index contributed by atoms with van der Waals surface area (Å²) in [6.45, 7) is -0.0431. The molecule has 10 heteroatoms. The number of Topliss-reactive ketones (excluding diaryl/α,β-unsaturated/α-hetero) is 2. The Morgan fingerprint density at radius 1 is 0.676 bits per heavy atom. The molecule has 2 rings (SSSR count). The van der Waals surface area contributed by atoms with Crippen molar-refractivity contribution in [2.45, 2.75) is 32.7 Å². The fraction of sp³-hybridized carbons (Fsp3) is 0.333. The van der Waals surface area contributed by atoms with Gasteiger partial charge in [0, 0.05) is 12.8 Å². The normalized spacial score (nSPS) is 10.1. The van der Waals surface area contributed by atoms with Crippen molar-refractivity contribution in [3.63, 3.8) is 0 Å². The van der Waals surface area contributed by atoms with Crippen molar-refractivity contribution in [3.05, 3.63) is 70.8 Å². The topological polar surface area (TPSA) is 168 Å². The third-order valence-corrected chi connectivity index (χ3v) is 4.32. The Hall–Kier alpha value is -3.44. The molecular formula is C24H28O10. The van der Waals surface area contributed by atoms with Gasteiger partial charge in [0.25, 0.3) is 0 Å². The molecule has 0 aliphatic heterocycles. The van der Waals surface area contributed by atoms with Crippen molar-refractivity contribution in [2.75, 3.05) is 19.8 Å². The van der Waals surface area contributed by atoms with Crippen LogP contribution in [0.25, 0.3) is 0 Å². The van der Waals surface area contributed by atoms with Crippen molar-refractivity contribution in [3.8, 4) is 0 Å². The summed E-state index contributed by atoms with van der Waals surface area (Å²) in [5.74, 6) is -3.81. The molecule has 4 N–H and O–H groups in total. The van der Waals surface area contributed by atoms with E-state index in [9.17, 15) is 19.2 Å². The minimum atomic E-state index is -1.45. The van der Waals surface area contributed by atoms with Gasteiger partial charge >= 0.3 is 11.9 Å². The van der Waals surface area contributed by atoms with Crippen molar-refractivity contribution in [2.24, 2.45) is 0 Å². The van der Waals surface area contributed by atoms with Crippen molar-refractivity contribution >= 4 is 23.5 Å². The smallest absolute Gasteiger partial charge is 0.375 e. The van der Waals surface area contributed by atoms with Gasteiger partial charge in [-0.3, -0.25) is 9.59 Å². The molecule has 0 radical (unpaired) electrons. The zero-order valence-electron chi connectivity index (χ0n) is 18.5. The highest BCUT2D eigenvalue weighted by Gasteiger charge is 2.16. The third kappa shape index (κ3) is 11.4. The van der Waals surface area contributed by atoms with E-state index in [1.54, 1.807) is 48.5 Å². The third-order valence-electron chi connectivity index (χ3n) is 4.32. The molecule has 0 saturated carbocycles. The molecular weight excluding hydrogens is 448 g/mol. The van der Waals surface area contributed by atoms with Gasteiger partial charge in [0.2, 0.25) is 11.6 Å². The lowest BCUT2D eigenvalue weighted by molar-refractivity contribution is -0.154. The number of ketones is 2. The molecule has 0 unspecified atom stereocenters. The van der Waals surface area contributed by atoms with Crippen LogP contribution in [-0.4, -0.2) is 63.8 Å². The van der Waals surface area contributed by atoms with Gasteiger partial charge < -0.3 is 29.9 Å². The predicted octanol–water partition coefficient (Wildman–Crippen LogP) is 0.565. The minimum absolute atomic E-state index is 0.0136. The number of hydrogen-bond acceptors (Lipinski definition) is 9. The number of esters is 1. The van der Waals surface area contributed by atoms with Gasteiger partial charge in [-0.05, 0) is 22.3 Å². The SMILES string of the molecule is O=C(Cc1ccc(CO)cc1)C(=O)OCc1ccc(CO)cc1.O=C(O)C(=O)CCOCCO. The van der Waals surface area contributed by atoms with Crippen LogP contribution in [0.1, 0.15) is 28.7 Å². The fourth-order valence-electron chi connectivity index (χ4n) is 2.43. The van der Waals surface area contributed by atoms with Crippen LogP contribution in [0.15, 0.2) is 48.5 Å². The van der Waals surface area contributed by atoms with E-state index in [0.717, 1.165) is 16.7 Å². The van der Waals surface area contributed by atoms with Gasteiger partial charge in [-0.2, -0.15) is 0 Å². The highest BCUT2D eigenvalue weighted by atomic mass is 16.5. The van der Waals surface area contributed by atoms with Crippen LogP contribution in [0, 0.1) is 0 Å². The van der Waals surface area contributed by atoms with E-state index in [0.29, 0.717) is 5.56 Å². The summed E-state index contributed by atoms with van der Waals surface area (Å²) in [5.41, 5.74) is 2.95. The number of rotatable bonds is 13. The number of carboxylic acid groups (broad SMARTS) is 1. The highest BCUT2D eigenvalue weighted by Crippen LogP contribution is 2.08. The van der Waals surface area contributed by atoms with E-state index in [4.69, 9.17) is 25.2 Å². The lowest BCUT2D eigenvalue weighted by Gasteiger charge is -2.05. The lowest BCUT2D eigenvalue weighted by Crippen LogP contribution is -2.19. The quantitative estimate of drug-likeness (QED) is 0.182. The number of aliphatic hydroxyl groups excluding tert-OH is 3. The van der Waals surface area contributed by atoms with Crippen LogP contribution in [-0.2, 0) is 54.9 Å². The fourth-order valence-corrected chi connectivity index (χ4v) is 2.43. The van der Waals surface area contributed by atoms with Gasteiger partial charge in [0.1, 0.15) is 6.61 Å². The van der Waals surface area contributed by atoms with E-state index >= 15 is 0 Å². The molecule has 0 spiro atoms. The number of carboxylic acids is 1. The average Bonchev–Trinajstić information content (AvgIpc) is 2.86. The highest BCUT2D eigenvalue weighted by molar-refractivity contribution is 6.34. The molecule has 0 heterocycles. The standard InChI is InChI=1S/C18H18O5.C6H10O5/c19-10-14-3-1-13(2-4-14)9-17(21)18(22)23-12-16-7-5-15(11-20)6-8-16;7-2-4-11-3-1-5(8)6(9)10/h1-8,19-20H,9-12H2;7H,1-4H2,(H,9,10). The predicted molar refractivity (Wildman–Crippen MR) is 118 cm³/mol. The number of aliphatic carboxylic acids is 1. The molecule has 0 atom stereocenters. The zero-order valence-corrected chi connectivity index (χ0v) is 18.5.